The Bertz CT molecular complexity index is 650. The van der Waals surface area contributed by atoms with Gasteiger partial charge in [0.2, 0.25) is 0 Å². The van der Waals surface area contributed by atoms with E-state index in [1.807, 2.05) is 0 Å². The van der Waals surface area contributed by atoms with Crippen LogP contribution in [0.25, 0.3) is 0 Å². The fourth-order valence-corrected chi connectivity index (χ4v) is 6.33. The van der Waals surface area contributed by atoms with Crippen molar-refractivity contribution in [3.05, 3.63) is 0 Å². The van der Waals surface area contributed by atoms with E-state index in [1.54, 1.807) is 7.11 Å². The van der Waals surface area contributed by atoms with Gasteiger partial charge in [-0.3, -0.25) is 0 Å². The highest BCUT2D eigenvalue weighted by atomic mass is 16.6. The summed E-state index contributed by atoms with van der Waals surface area (Å²) in [5.41, 5.74) is 0.819. The molecule has 0 aromatic heterocycles. The lowest BCUT2D eigenvalue weighted by Gasteiger charge is -2.31. The zero-order chi connectivity index (χ0) is 34.9. The van der Waals surface area contributed by atoms with Crippen molar-refractivity contribution in [1.82, 2.24) is 0 Å². The molecule has 0 radical (unpaired) electrons. The summed E-state index contributed by atoms with van der Waals surface area (Å²) in [6.45, 7) is 16.2. The van der Waals surface area contributed by atoms with E-state index in [4.69, 9.17) is 14.3 Å². The first kappa shape index (κ1) is 46.4. The maximum atomic E-state index is 6.37. The highest BCUT2D eigenvalue weighted by Gasteiger charge is 2.25. The van der Waals surface area contributed by atoms with Gasteiger partial charge >= 0.3 is 0 Å². The number of nitrogens with zero attached hydrogens (tertiary/aromatic N) is 1. The number of methoxy groups -OCH3 is 1. The number of rotatable bonds is 37. The van der Waals surface area contributed by atoms with Crippen LogP contribution in [-0.4, -0.2) is 36.7 Å². The second kappa shape index (κ2) is 32.6. The van der Waals surface area contributed by atoms with E-state index < -0.39 is 0 Å². The molecule has 0 rings (SSSR count). The van der Waals surface area contributed by atoms with Crippen LogP contribution in [-0.2, 0) is 14.3 Å². The van der Waals surface area contributed by atoms with Crippen LogP contribution in [0.4, 0.5) is 0 Å². The minimum Gasteiger partial charge on any atom is -0.393 e. The van der Waals surface area contributed by atoms with E-state index in [9.17, 15) is 0 Å². The predicted molar refractivity (Wildman–Crippen MR) is 209 cm³/mol. The number of hydrogen-bond donors (Lipinski definition) is 0. The molecule has 1 unspecified atom stereocenters. The molecule has 47 heavy (non-hydrogen) atoms. The number of oxime groups is 1. The van der Waals surface area contributed by atoms with E-state index >= 15 is 0 Å². The molecule has 4 nitrogen and oxygen atoms in total. The van der Waals surface area contributed by atoms with Crippen molar-refractivity contribution in [3.8, 4) is 0 Å². The van der Waals surface area contributed by atoms with Crippen LogP contribution in [0.1, 0.15) is 241 Å². The molecule has 0 heterocycles. The third-order valence-corrected chi connectivity index (χ3v) is 10.6. The van der Waals surface area contributed by atoms with Crippen molar-refractivity contribution < 1.29 is 14.3 Å². The molecular formula is C43H87NO3. The highest BCUT2D eigenvalue weighted by molar-refractivity contribution is 5.81. The maximum Gasteiger partial charge on any atom is 0.127 e. The van der Waals surface area contributed by atoms with E-state index in [0.29, 0.717) is 0 Å². The molecule has 0 amide bonds. The summed E-state index contributed by atoms with van der Waals surface area (Å²) >= 11 is 0. The molecule has 0 aromatic rings. The van der Waals surface area contributed by atoms with Crippen LogP contribution in [0.5, 0.6) is 0 Å². The van der Waals surface area contributed by atoms with E-state index in [2.05, 4.69) is 53.6 Å². The molecule has 282 valence electrons. The monoisotopic (exact) mass is 666 g/mol. The summed E-state index contributed by atoms with van der Waals surface area (Å²) in [4.78, 5) is 6.27. The second-order valence-electron chi connectivity index (χ2n) is 15.8. The Labute approximate surface area is 296 Å². The zero-order valence-corrected chi connectivity index (χ0v) is 33.7. The van der Waals surface area contributed by atoms with Crippen molar-refractivity contribution in [2.24, 2.45) is 5.16 Å². The van der Waals surface area contributed by atoms with Gasteiger partial charge in [0.15, 0.2) is 0 Å². The molecule has 0 aliphatic rings. The molecule has 0 saturated carbocycles. The van der Waals surface area contributed by atoms with Crippen molar-refractivity contribution >= 4 is 5.71 Å². The minimum absolute atomic E-state index is 0.135. The van der Waals surface area contributed by atoms with Crippen molar-refractivity contribution in [1.29, 1.82) is 0 Å². The van der Waals surface area contributed by atoms with Gasteiger partial charge in [0.05, 0.1) is 23.5 Å². The Kier molecular flexibility index (Phi) is 32.2. The van der Waals surface area contributed by atoms with Gasteiger partial charge in [-0.1, -0.05) is 167 Å². The Morgan fingerprint density at radius 1 is 0.553 bits per heavy atom. The number of ether oxygens (including phenoxy) is 2. The first-order valence-corrected chi connectivity index (χ1v) is 21.1. The van der Waals surface area contributed by atoms with Crippen LogP contribution in [0.2, 0.25) is 0 Å². The van der Waals surface area contributed by atoms with Crippen molar-refractivity contribution in [2.75, 3.05) is 13.7 Å². The van der Waals surface area contributed by atoms with Crippen LogP contribution >= 0.6 is 0 Å². The van der Waals surface area contributed by atoms with E-state index in [1.165, 1.54) is 154 Å². The molecule has 0 aromatic carbocycles. The predicted octanol–water partition coefficient (Wildman–Crippen LogP) is 14.7. The standard InChI is InChI=1S/C43H87NO3/c1-9-12-14-16-18-20-22-24-26-28-30-32-34-41(35-33-31-29-27-25-23-21-19-17-15-13-10-2)47-44-40(4)36-37-43(7,11-3)46-39-38-42(5,6)45-8/h41H,9-39H2,1-8H3. The summed E-state index contributed by atoms with van der Waals surface area (Å²) in [6.07, 6.45) is 39.8. The molecular weight excluding hydrogens is 578 g/mol. The fraction of sp³-hybridized carbons (Fsp3) is 0.977. The average molecular weight is 666 g/mol. The van der Waals surface area contributed by atoms with Crippen LogP contribution in [0, 0.1) is 0 Å². The molecule has 0 spiro atoms. The lowest BCUT2D eigenvalue weighted by molar-refractivity contribution is -0.0708. The molecule has 0 saturated heterocycles. The van der Waals surface area contributed by atoms with Gasteiger partial charge in [-0.15, -0.1) is 0 Å². The van der Waals surface area contributed by atoms with Crippen molar-refractivity contribution in [2.45, 2.75) is 258 Å². The molecule has 1 atom stereocenters. The Balaban J connectivity index is 4.51. The summed E-state index contributed by atoms with van der Waals surface area (Å²) < 4.78 is 11.9. The lowest BCUT2D eigenvalue weighted by Crippen LogP contribution is -2.32. The van der Waals surface area contributed by atoms with Gasteiger partial charge in [-0.25, -0.2) is 0 Å². The number of hydrogen-bond acceptors (Lipinski definition) is 4. The summed E-state index contributed by atoms with van der Waals surface area (Å²) in [5, 5.41) is 4.69. The van der Waals surface area contributed by atoms with Gasteiger partial charge in [0, 0.05) is 7.11 Å². The molecule has 0 fully saturated rings. The summed E-state index contributed by atoms with van der Waals surface area (Å²) in [5.74, 6) is 0. The third-order valence-electron chi connectivity index (χ3n) is 10.6. The zero-order valence-electron chi connectivity index (χ0n) is 33.7. The number of unbranched alkanes of at least 4 members (excludes halogenated alkanes) is 22. The van der Waals surface area contributed by atoms with E-state index in [0.717, 1.165) is 50.8 Å². The first-order valence-electron chi connectivity index (χ1n) is 21.1. The normalized spacial score (nSPS) is 13.9. The van der Waals surface area contributed by atoms with Crippen LogP contribution in [0.3, 0.4) is 0 Å². The first-order chi connectivity index (χ1) is 22.7. The van der Waals surface area contributed by atoms with Gasteiger partial charge in [0.25, 0.3) is 0 Å². The molecule has 0 bridgehead atoms. The van der Waals surface area contributed by atoms with Gasteiger partial charge in [-0.2, -0.15) is 0 Å². The Morgan fingerprint density at radius 3 is 1.30 bits per heavy atom. The van der Waals surface area contributed by atoms with Crippen LogP contribution in [0.15, 0.2) is 5.16 Å². The quantitative estimate of drug-likeness (QED) is 0.0377. The third kappa shape index (κ3) is 31.1. The highest BCUT2D eigenvalue weighted by Crippen LogP contribution is 2.25. The second-order valence-corrected chi connectivity index (χ2v) is 15.8. The Hall–Kier alpha value is -0.610. The smallest absolute Gasteiger partial charge is 0.127 e. The molecule has 0 N–H and O–H groups in total. The topological polar surface area (TPSA) is 40.0 Å². The molecule has 0 aliphatic carbocycles. The largest absolute Gasteiger partial charge is 0.393 e. The van der Waals surface area contributed by atoms with Crippen molar-refractivity contribution in [3.63, 3.8) is 0 Å². The molecule has 0 aliphatic heterocycles. The molecule has 4 heteroatoms. The minimum atomic E-state index is -0.143. The van der Waals surface area contributed by atoms with Gasteiger partial charge in [-0.05, 0) is 79.1 Å². The Morgan fingerprint density at radius 2 is 0.936 bits per heavy atom. The van der Waals surface area contributed by atoms with E-state index in [-0.39, 0.29) is 17.3 Å². The maximum absolute atomic E-state index is 6.37. The fourth-order valence-electron chi connectivity index (χ4n) is 6.33. The van der Waals surface area contributed by atoms with Gasteiger partial charge < -0.3 is 14.3 Å². The lowest BCUT2D eigenvalue weighted by atomic mass is 9.95. The summed E-state index contributed by atoms with van der Waals surface area (Å²) in [7, 11) is 1.78. The van der Waals surface area contributed by atoms with Gasteiger partial charge in [0.1, 0.15) is 6.10 Å². The average Bonchev–Trinajstić information content (AvgIpc) is 3.06. The summed E-state index contributed by atoms with van der Waals surface area (Å²) in [6, 6.07) is 0. The van der Waals surface area contributed by atoms with Crippen LogP contribution < -0.4 is 0 Å². The SMILES string of the molecule is CCCCCCCCCCCCCCC(CCCCCCCCCCCCCC)ON=C(C)CCC(C)(CC)OCCC(C)(C)OC.